The van der Waals surface area contributed by atoms with E-state index in [1.54, 1.807) is 0 Å². The fourth-order valence-electron chi connectivity index (χ4n) is 12.7. The molecule has 5 aromatic rings. The molecule has 67 heavy (non-hydrogen) atoms. The van der Waals surface area contributed by atoms with Gasteiger partial charge in [0.05, 0.1) is 12.2 Å². The van der Waals surface area contributed by atoms with Crippen LogP contribution in [0.4, 0.5) is 0 Å². The van der Waals surface area contributed by atoms with Crippen molar-refractivity contribution in [2.24, 2.45) is 5.92 Å². The van der Waals surface area contributed by atoms with E-state index in [1.807, 2.05) is 13.8 Å². The van der Waals surface area contributed by atoms with E-state index in [0.717, 1.165) is 133 Å². The summed E-state index contributed by atoms with van der Waals surface area (Å²) in [6.45, 7) is 8.34. The Morgan fingerprint density at radius 1 is 0.478 bits per heavy atom. The summed E-state index contributed by atoms with van der Waals surface area (Å²) in [6.07, 6.45) is 27.4. The van der Waals surface area contributed by atoms with Gasteiger partial charge in [-0.3, -0.25) is 0 Å². The molecule has 2 fully saturated rings. The lowest BCUT2D eigenvalue weighted by Crippen LogP contribution is -2.30. The van der Waals surface area contributed by atoms with Crippen LogP contribution in [0.2, 0.25) is 0 Å². The van der Waals surface area contributed by atoms with Crippen LogP contribution in [0.15, 0.2) is 108 Å². The molecule has 1 atom stereocenters. The minimum Gasteiger partial charge on any atom is -0.507 e. The van der Waals surface area contributed by atoms with Crippen molar-refractivity contribution >= 4 is 5.57 Å². The Morgan fingerprint density at radius 3 is 1.58 bits per heavy atom. The number of aryl methyl sites for hydroxylation is 4. The van der Waals surface area contributed by atoms with Gasteiger partial charge in [0.1, 0.15) is 23.0 Å². The van der Waals surface area contributed by atoms with Crippen LogP contribution in [0.25, 0.3) is 39.0 Å². The molecule has 2 saturated carbocycles. The second-order valence-electron chi connectivity index (χ2n) is 20.3. The Hall–Kier alpha value is -5.48. The molecule has 1 unspecified atom stereocenters. The van der Waals surface area contributed by atoms with E-state index in [-0.39, 0.29) is 12.2 Å². The van der Waals surface area contributed by atoms with Gasteiger partial charge >= 0.3 is 0 Å². The number of benzene rings is 5. The van der Waals surface area contributed by atoms with Gasteiger partial charge in [0.25, 0.3) is 0 Å². The Morgan fingerprint density at radius 2 is 0.970 bits per heavy atom. The second-order valence-corrected chi connectivity index (χ2v) is 20.3. The topological polar surface area (TPSA) is 58.9 Å². The van der Waals surface area contributed by atoms with E-state index in [2.05, 4.69) is 105 Å². The third kappa shape index (κ3) is 9.15. The predicted octanol–water partition coefficient (Wildman–Crippen LogP) is 16.7. The van der Waals surface area contributed by atoms with Gasteiger partial charge < -0.3 is 19.7 Å². The van der Waals surface area contributed by atoms with Crippen LogP contribution in [0, 0.1) is 19.8 Å². The third-order valence-corrected chi connectivity index (χ3v) is 15.8. The van der Waals surface area contributed by atoms with Gasteiger partial charge in [-0.2, -0.15) is 0 Å². The highest BCUT2D eigenvalue weighted by atomic mass is 16.5. The monoisotopic (exact) mass is 893 g/mol. The van der Waals surface area contributed by atoms with Crippen molar-refractivity contribution < 1.29 is 19.7 Å². The fourth-order valence-corrected chi connectivity index (χ4v) is 12.7. The van der Waals surface area contributed by atoms with Gasteiger partial charge in [-0.25, -0.2) is 0 Å². The number of hydrogen-bond acceptors (Lipinski definition) is 4. The molecular weight excluding hydrogens is 821 g/mol. The van der Waals surface area contributed by atoms with Gasteiger partial charge in [-0.05, 0) is 228 Å². The summed E-state index contributed by atoms with van der Waals surface area (Å²) < 4.78 is 13.9. The van der Waals surface area contributed by atoms with Crippen LogP contribution in [0.5, 0.6) is 23.0 Å². The average molecular weight is 893 g/mol. The highest BCUT2D eigenvalue weighted by Gasteiger charge is 2.32. The molecule has 0 heterocycles. The molecule has 0 saturated heterocycles. The highest BCUT2D eigenvalue weighted by Crippen LogP contribution is 2.51. The third-order valence-electron chi connectivity index (χ3n) is 15.8. The molecule has 6 aliphatic rings. The zero-order valence-electron chi connectivity index (χ0n) is 40.7. The Balaban J connectivity index is 0.00000259. The number of rotatable bonds is 8. The van der Waals surface area contributed by atoms with Gasteiger partial charge in [-0.1, -0.05) is 80.5 Å². The summed E-state index contributed by atoms with van der Waals surface area (Å²) >= 11 is 0. The summed E-state index contributed by atoms with van der Waals surface area (Å²) in [5, 5.41) is 24.8. The molecule has 2 bridgehead atoms. The molecule has 0 aromatic heterocycles. The van der Waals surface area contributed by atoms with E-state index < -0.39 is 0 Å². The molecule has 4 heteroatoms. The largest absolute Gasteiger partial charge is 0.507 e. The van der Waals surface area contributed by atoms with Crippen LogP contribution < -0.4 is 9.47 Å². The summed E-state index contributed by atoms with van der Waals surface area (Å²) in [5.41, 5.74) is 21.0. The summed E-state index contributed by atoms with van der Waals surface area (Å²) in [4.78, 5) is 0. The number of ether oxygens (including phenoxy) is 2. The molecule has 4 nitrogen and oxygen atoms in total. The molecule has 5 aromatic carbocycles. The lowest BCUT2D eigenvalue weighted by molar-refractivity contribution is 0.0813. The quantitative estimate of drug-likeness (QED) is 0.163. The number of phenolic OH excluding ortho intramolecular Hbond substituents is 2. The maximum atomic E-state index is 12.4. The van der Waals surface area contributed by atoms with E-state index in [9.17, 15) is 10.2 Å². The molecule has 0 aliphatic heterocycles. The number of phenols is 2. The molecule has 348 valence electrons. The van der Waals surface area contributed by atoms with Crippen LogP contribution in [0.1, 0.15) is 156 Å². The van der Waals surface area contributed by atoms with E-state index in [0.29, 0.717) is 17.4 Å². The maximum Gasteiger partial charge on any atom is 0.131 e. The van der Waals surface area contributed by atoms with Crippen molar-refractivity contribution in [2.75, 3.05) is 0 Å². The molecule has 0 spiro atoms. The van der Waals surface area contributed by atoms with Crippen molar-refractivity contribution in [3.8, 4) is 56.4 Å². The number of aromatic hydroxyl groups is 2. The molecule has 11 rings (SSSR count). The SMILES string of the molecule is CC.Cc1cc(C2=C3CCCCC3=CC3=CC2CCCC3)c(O)c(-c2ccccc2OC2CCC(Oc3ccccc3-c3cc(C)cc(-c4c5c(cc6c4CCCC6)CCCC5)c3O)CC2)c1. The van der Waals surface area contributed by atoms with Crippen LogP contribution >= 0.6 is 0 Å². The summed E-state index contributed by atoms with van der Waals surface area (Å²) in [5.74, 6) is 2.74. The Labute approximate surface area is 400 Å². The fraction of sp³-hybridized carbons (Fsp3) is 0.429. The van der Waals surface area contributed by atoms with Crippen LogP contribution in [0.3, 0.4) is 0 Å². The highest BCUT2D eigenvalue weighted by molar-refractivity contribution is 5.89. The standard InChI is InChI=1S/C61H66O4.C2H6/c1-38-31-52(60(62)54(33-38)58-44-19-4-3-15-40(36-44)35-41-16-5-8-20-47(41)58)50-23-11-13-25-56(50)64-45-27-29-46(30-28-45)65-57-26-14-12-24-51(57)53-32-39(2)34-55(61(53)63)59-48-21-9-6-17-42(48)37-43-18-7-10-22-49(43)59;1-2/h11-14,23-26,31-37,44-46,62-63H,3-10,15-22,27-30H2,1-2H3;1-2H3. The average Bonchev–Trinajstić information content (AvgIpc) is 3.68. The second kappa shape index (κ2) is 20.0. The van der Waals surface area contributed by atoms with Crippen molar-refractivity contribution in [3.05, 3.63) is 147 Å². The van der Waals surface area contributed by atoms with Crippen molar-refractivity contribution in [2.45, 2.75) is 168 Å². The first-order valence-corrected chi connectivity index (χ1v) is 26.4. The number of fused-ring (bicyclic) bond motifs is 4. The minimum absolute atomic E-state index is 0.0417. The van der Waals surface area contributed by atoms with Gasteiger partial charge in [0.2, 0.25) is 0 Å². The molecular formula is C63H72O4. The Bertz CT molecular complexity index is 2700. The van der Waals surface area contributed by atoms with E-state index in [4.69, 9.17) is 9.47 Å². The zero-order chi connectivity index (χ0) is 46.0. The predicted molar refractivity (Wildman–Crippen MR) is 277 cm³/mol. The first-order chi connectivity index (χ1) is 32.9. The lowest BCUT2D eigenvalue weighted by atomic mass is 9.76. The first kappa shape index (κ1) is 45.3. The van der Waals surface area contributed by atoms with Gasteiger partial charge in [-0.15, -0.1) is 0 Å². The van der Waals surface area contributed by atoms with E-state index in [1.165, 1.54) is 101 Å². The molecule has 0 amide bonds. The normalized spacial score (nSPS) is 21.2. The van der Waals surface area contributed by atoms with Crippen molar-refractivity contribution in [3.63, 3.8) is 0 Å². The molecule has 2 N–H and O–H groups in total. The molecule has 6 aliphatic carbocycles. The van der Waals surface area contributed by atoms with Crippen LogP contribution in [-0.4, -0.2) is 22.4 Å². The summed E-state index contributed by atoms with van der Waals surface area (Å²) in [7, 11) is 0. The number of allylic oxidation sites excluding steroid dienone is 6. The maximum absolute atomic E-state index is 12.4. The lowest BCUT2D eigenvalue weighted by Gasteiger charge is -2.31. The molecule has 0 radical (unpaired) electrons. The van der Waals surface area contributed by atoms with E-state index >= 15 is 0 Å². The van der Waals surface area contributed by atoms with Crippen LogP contribution in [-0.2, 0) is 25.7 Å². The van der Waals surface area contributed by atoms with Crippen molar-refractivity contribution in [1.82, 2.24) is 0 Å². The summed E-state index contributed by atoms with van der Waals surface area (Å²) in [6, 6.07) is 27.9. The van der Waals surface area contributed by atoms with Crippen molar-refractivity contribution in [1.29, 1.82) is 0 Å². The Kier molecular flexibility index (Phi) is 13.5. The van der Waals surface area contributed by atoms with Gasteiger partial charge in [0, 0.05) is 39.3 Å². The number of hydrogen-bond donors (Lipinski definition) is 2. The first-order valence-electron chi connectivity index (χ1n) is 26.4. The smallest absolute Gasteiger partial charge is 0.131 e. The zero-order valence-corrected chi connectivity index (χ0v) is 40.7. The van der Waals surface area contributed by atoms with Gasteiger partial charge in [0.15, 0.2) is 0 Å². The number of para-hydroxylation sites is 2. The minimum atomic E-state index is 0.0417.